The Kier molecular flexibility index (Phi) is 0.790. The minimum Gasteiger partial charge on any atom is -0.370 e. The van der Waals surface area contributed by atoms with Crippen LogP contribution >= 0.6 is 0 Å². The second kappa shape index (κ2) is 1.48. The van der Waals surface area contributed by atoms with E-state index in [1.807, 2.05) is 0 Å². The minimum atomic E-state index is -0.0532. The van der Waals surface area contributed by atoms with Crippen LogP contribution in [0, 0.1) is 0 Å². The van der Waals surface area contributed by atoms with Crippen LogP contribution in [0.4, 0.5) is 0 Å². The molecule has 2 heterocycles. The van der Waals surface area contributed by atoms with E-state index in [1.165, 1.54) is 0 Å². The molecule has 0 bridgehead atoms. The molecule has 0 fully saturated rings. The number of aromatic amines is 2. The fourth-order valence-corrected chi connectivity index (χ4v) is 0.951. The lowest BCUT2D eigenvalue weighted by molar-refractivity contribution is 0.131. The number of H-pyrrole nitrogens is 2. The number of fused-ring (bicyclic) bond motifs is 1. The fourth-order valence-electron chi connectivity index (χ4n) is 0.951. The summed E-state index contributed by atoms with van der Waals surface area (Å²) in [6.45, 7) is 0.988. The highest BCUT2D eigenvalue weighted by atomic mass is 16.5. The van der Waals surface area contributed by atoms with E-state index in [0.717, 1.165) is 11.3 Å². The topological polar surface area (TPSA) is 57.9 Å². The number of hydrogen-bond acceptors (Lipinski definition) is 2. The maximum Gasteiger partial charge on any atom is 0.269 e. The van der Waals surface area contributed by atoms with Gasteiger partial charge in [-0.25, -0.2) is 0 Å². The molecule has 4 nitrogen and oxygen atoms in total. The van der Waals surface area contributed by atoms with Crippen molar-refractivity contribution in [1.82, 2.24) is 10.2 Å². The van der Waals surface area contributed by atoms with E-state index < -0.39 is 0 Å². The molecule has 0 aliphatic carbocycles. The maximum atomic E-state index is 10.7. The molecule has 48 valence electrons. The summed E-state index contributed by atoms with van der Waals surface area (Å²) in [6, 6.07) is 0. The van der Waals surface area contributed by atoms with Crippen molar-refractivity contribution < 1.29 is 4.74 Å². The zero-order valence-corrected chi connectivity index (χ0v) is 4.73. The first-order valence-corrected chi connectivity index (χ1v) is 2.74. The molecule has 0 saturated carbocycles. The standard InChI is InChI=1S/C5H6N2O2/c8-5-3-1-9-2-4(3)6-7-5/h1-2H2,(H2,6,7,8). The highest BCUT2D eigenvalue weighted by Gasteiger charge is 2.15. The number of nitrogens with one attached hydrogen (secondary N) is 2. The Morgan fingerprint density at radius 3 is 3.00 bits per heavy atom. The number of ether oxygens (including phenoxy) is 1. The molecule has 0 unspecified atom stereocenters. The van der Waals surface area contributed by atoms with Crippen LogP contribution in [0.25, 0.3) is 0 Å². The Morgan fingerprint density at radius 2 is 2.22 bits per heavy atom. The lowest BCUT2D eigenvalue weighted by atomic mass is 10.3. The van der Waals surface area contributed by atoms with E-state index in [4.69, 9.17) is 4.74 Å². The first-order chi connectivity index (χ1) is 4.38. The smallest absolute Gasteiger partial charge is 0.269 e. The van der Waals surface area contributed by atoms with Crippen LogP contribution in [0.2, 0.25) is 0 Å². The molecule has 0 spiro atoms. The Bertz CT molecular complexity index is 273. The van der Waals surface area contributed by atoms with Crippen LogP contribution in [0.3, 0.4) is 0 Å². The summed E-state index contributed by atoms with van der Waals surface area (Å²) in [6.07, 6.45) is 0. The quantitative estimate of drug-likeness (QED) is 0.503. The average Bonchev–Trinajstić information content (AvgIpc) is 2.35. The normalized spacial score (nSPS) is 16.0. The Hall–Kier alpha value is -1.03. The molecule has 1 aromatic heterocycles. The van der Waals surface area contributed by atoms with Crippen LogP contribution in [0.1, 0.15) is 11.3 Å². The van der Waals surface area contributed by atoms with Gasteiger partial charge in [-0.3, -0.25) is 15.0 Å². The third-order valence-electron chi connectivity index (χ3n) is 1.46. The van der Waals surface area contributed by atoms with E-state index in [9.17, 15) is 4.79 Å². The number of aromatic nitrogens is 2. The molecule has 0 atom stereocenters. The molecule has 0 aromatic carbocycles. The number of hydrogen-bond donors (Lipinski definition) is 2. The summed E-state index contributed by atoms with van der Waals surface area (Å²) in [7, 11) is 0. The van der Waals surface area contributed by atoms with Gasteiger partial charge in [0.1, 0.15) is 0 Å². The SMILES string of the molecule is O=c1[nH][nH]c2c1COC2. The highest BCUT2D eigenvalue weighted by molar-refractivity contribution is 5.17. The third kappa shape index (κ3) is 0.533. The lowest BCUT2D eigenvalue weighted by Gasteiger charge is -1.83. The second-order valence-corrected chi connectivity index (χ2v) is 2.03. The van der Waals surface area contributed by atoms with Crippen molar-refractivity contribution in [2.24, 2.45) is 0 Å². The summed E-state index contributed by atoms with van der Waals surface area (Å²) in [4.78, 5) is 10.7. The molecule has 0 radical (unpaired) electrons. The zero-order valence-electron chi connectivity index (χ0n) is 4.73. The third-order valence-corrected chi connectivity index (χ3v) is 1.46. The van der Waals surface area contributed by atoms with Crippen molar-refractivity contribution in [3.05, 3.63) is 21.6 Å². The Morgan fingerprint density at radius 1 is 1.33 bits per heavy atom. The predicted octanol–water partition coefficient (Wildman–Crippen LogP) is -0.267. The van der Waals surface area contributed by atoms with E-state index in [0.29, 0.717) is 13.2 Å². The first kappa shape index (κ1) is 4.81. The summed E-state index contributed by atoms with van der Waals surface area (Å²) in [5.41, 5.74) is 1.58. The van der Waals surface area contributed by atoms with Gasteiger partial charge in [0, 0.05) is 0 Å². The molecule has 0 amide bonds. The van der Waals surface area contributed by atoms with Gasteiger partial charge in [0.05, 0.1) is 24.5 Å². The largest absolute Gasteiger partial charge is 0.370 e. The van der Waals surface area contributed by atoms with Crippen molar-refractivity contribution in [1.29, 1.82) is 0 Å². The molecule has 9 heavy (non-hydrogen) atoms. The van der Waals surface area contributed by atoms with E-state index in [1.54, 1.807) is 0 Å². The molecule has 1 aliphatic heterocycles. The molecule has 2 rings (SSSR count). The van der Waals surface area contributed by atoms with Crippen molar-refractivity contribution in [2.75, 3.05) is 0 Å². The van der Waals surface area contributed by atoms with Crippen LogP contribution < -0.4 is 5.56 Å². The van der Waals surface area contributed by atoms with Crippen molar-refractivity contribution in [3.63, 3.8) is 0 Å². The Balaban J connectivity index is 2.70. The van der Waals surface area contributed by atoms with E-state index >= 15 is 0 Å². The monoisotopic (exact) mass is 126 g/mol. The molecule has 0 saturated heterocycles. The molecule has 1 aromatic rings. The molecule has 1 aliphatic rings. The van der Waals surface area contributed by atoms with Crippen molar-refractivity contribution >= 4 is 0 Å². The van der Waals surface area contributed by atoms with Crippen LogP contribution in [-0.4, -0.2) is 10.2 Å². The zero-order chi connectivity index (χ0) is 6.27. The summed E-state index contributed by atoms with van der Waals surface area (Å²) < 4.78 is 4.98. The number of rotatable bonds is 0. The van der Waals surface area contributed by atoms with E-state index in [-0.39, 0.29) is 5.56 Å². The second-order valence-electron chi connectivity index (χ2n) is 2.03. The average molecular weight is 126 g/mol. The molecular weight excluding hydrogens is 120 g/mol. The van der Waals surface area contributed by atoms with Gasteiger partial charge in [-0.05, 0) is 0 Å². The summed E-state index contributed by atoms with van der Waals surface area (Å²) in [5.74, 6) is 0. The van der Waals surface area contributed by atoms with Crippen LogP contribution in [0.5, 0.6) is 0 Å². The molecular formula is C5H6N2O2. The molecule has 2 N–H and O–H groups in total. The maximum absolute atomic E-state index is 10.7. The van der Waals surface area contributed by atoms with Gasteiger partial charge in [-0.1, -0.05) is 0 Å². The van der Waals surface area contributed by atoms with Crippen LogP contribution in [-0.2, 0) is 18.0 Å². The highest BCUT2D eigenvalue weighted by Crippen LogP contribution is 2.10. The fraction of sp³-hybridized carbons (Fsp3) is 0.400. The van der Waals surface area contributed by atoms with Crippen molar-refractivity contribution in [3.8, 4) is 0 Å². The van der Waals surface area contributed by atoms with Gasteiger partial charge in [0.2, 0.25) is 0 Å². The summed E-state index contributed by atoms with van der Waals surface area (Å²) >= 11 is 0. The van der Waals surface area contributed by atoms with Gasteiger partial charge in [-0.2, -0.15) is 0 Å². The summed E-state index contributed by atoms with van der Waals surface area (Å²) in [5, 5.41) is 5.20. The minimum absolute atomic E-state index is 0.0532. The van der Waals surface area contributed by atoms with Gasteiger partial charge in [0.25, 0.3) is 5.56 Å². The van der Waals surface area contributed by atoms with Crippen molar-refractivity contribution in [2.45, 2.75) is 13.2 Å². The van der Waals surface area contributed by atoms with E-state index in [2.05, 4.69) is 10.2 Å². The predicted molar refractivity (Wildman–Crippen MR) is 29.9 cm³/mol. The first-order valence-electron chi connectivity index (χ1n) is 2.74. The van der Waals surface area contributed by atoms with Gasteiger partial charge >= 0.3 is 0 Å². The Labute approximate surface area is 50.8 Å². The van der Waals surface area contributed by atoms with Gasteiger partial charge in [0.15, 0.2) is 0 Å². The lowest BCUT2D eigenvalue weighted by Crippen LogP contribution is -2.03. The van der Waals surface area contributed by atoms with Gasteiger partial charge in [-0.15, -0.1) is 0 Å². The molecule has 4 heteroatoms. The van der Waals surface area contributed by atoms with Crippen LogP contribution in [0.15, 0.2) is 4.79 Å². The van der Waals surface area contributed by atoms with Gasteiger partial charge < -0.3 is 4.74 Å².